The number of nitrogens with zero attached hydrogens (tertiary/aromatic N) is 2. The number of aromatic carboxylic acids is 1. The lowest BCUT2D eigenvalue weighted by Gasteiger charge is -2.08. The Hall–Kier alpha value is -1.97. The summed E-state index contributed by atoms with van der Waals surface area (Å²) in [6, 6.07) is 1.94. The number of fused-ring (bicyclic) bond motifs is 1. The summed E-state index contributed by atoms with van der Waals surface area (Å²) in [6.07, 6.45) is 5.32. The molecule has 2 aromatic heterocycles. The molecule has 0 spiro atoms. The van der Waals surface area contributed by atoms with E-state index in [0.29, 0.717) is 11.5 Å². The predicted octanol–water partition coefficient (Wildman–Crippen LogP) is 2.51. The number of aromatic nitrogens is 2. The van der Waals surface area contributed by atoms with Gasteiger partial charge >= 0.3 is 5.97 Å². The Morgan fingerprint density at radius 3 is 2.76 bits per heavy atom. The summed E-state index contributed by atoms with van der Waals surface area (Å²) in [5, 5.41) is 9.19. The summed E-state index contributed by atoms with van der Waals surface area (Å²) < 4.78 is 0. The van der Waals surface area contributed by atoms with Crippen LogP contribution >= 0.6 is 0 Å². The predicted molar refractivity (Wildman–Crippen MR) is 63.2 cm³/mol. The minimum Gasteiger partial charge on any atom is -0.478 e. The van der Waals surface area contributed by atoms with Gasteiger partial charge in [-0.25, -0.2) is 4.79 Å². The summed E-state index contributed by atoms with van der Waals surface area (Å²) in [5.41, 5.74) is 3.74. The maximum absolute atomic E-state index is 11.2. The summed E-state index contributed by atoms with van der Waals surface area (Å²) in [5.74, 6) is -0.564. The Labute approximate surface area is 98.3 Å². The van der Waals surface area contributed by atoms with Crippen LogP contribution in [-0.4, -0.2) is 21.0 Å². The van der Waals surface area contributed by atoms with Crippen LogP contribution in [0.4, 0.5) is 0 Å². The van der Waals surface area contributed by atoms with Crippen molar-refractivity contribution in [3.8, 4) is 0 Å². The van der Waals surface area contributed by atoms with Gasteiger partial charge in [0.05, 0.1) is 16.6 Å². The van der Waals surface area contributed by atoms with Gasteiger partial charge in [0.2, 0.25) is 0 Å². The van der Waals surface area contributed by atoms with E-state index >= 15 is 0 Å². The number of aryl methyl sites for hydroxylation is 1. The van der Waals surface area contributed by atoms with Crippen LogP contribution in [0.5, 0.6) is 0 Å². The van der Waals surface area contributed by atoms with E-state index in [1.54, 1.807) is 6.20 Å². The maximum Gasteiger partial charge on any atom is 0.337 e. The monoisotopic (exact) mass is 228 g/mol. The third-order valence-electron chi connectivity index (χ3n) is 3.10. The summed E-state index contributed by atoms with van der Waals surface area (Å²) in [4.78, 5) is 19.7. The molecular weight excluding hydrogens is 216 g/mol. The molecule has 0 radical (unpaired) electrons. The molecule has 17 heavy (non-hydrogen) atoms. The first-order chi connectivity index (χ1) is 8.16. The van der Waals surface area contributed by atoms with Gasteiger partial charge in [0.15, 0.2) is 0 Å². The molecule has 1 fully saturated rings. The van der Waals surface area contributed by atoms with Crippen molar-refractivity contribution in [2.45, 2.75) is 25.7 Å². The van der Waals surface area contributed by atoms with Gasteiger partial charge in [0.25, 0.3) is 0 Å². The molecule has 0 amide bonds. The highest BCUT2D eigenvalue weighted by Gasteiger charge is 2.31. The summed E-state index contributed by atoms with van der Waals surface area (Å²) >= 11 is 0. The number of carboxylic acid groups (broad SMARTS) is 1. The van der Waals surface area contributed by atoms with Crippen molar-refractivity contribution in [2.24, 2.45) is 0 Å². The third kappa shape index (κ3) is 1.65. The standard InChI is InChI=1S/C13H12N2O2/c1-7-4-10-12(15-5-7)11(8-2-3-8)9(6-14-10)13(16)17/h4-6,8H,2-3H2,1H3,(H,16,17). The molecule has 0 bridgehead atoms. The van der Waals surface area contributed by atoms with Crippen molar-refractivity contribution in [2.75, 3.05) is 0 Å². The second kappa shape index (κ2) is 3.52. The Morgan fingerprint density at radius 1 is 1.35 bits per heavy atom. The molecule has 86 valence electrons. The van der Waals surface area contributed by atoms with Gasteiger partial charge in [-0.2, -0.15) is 0 Å². The fourth-order valence-electron chi connectivity index (χ4n) is 2.15. The normalized spacial score (nSPS) is 15.1. The molecule has 0 saturated heterocycles. The highest BCUT2D eigenvalue weighted by atomic mass is 16.4. The smallest absolute Gasteiger partial charge is 0.337 e. The largest absolute Gasteiger partial charge is 0.478 e. The number of carbonyl (C=O) groups is 1. The van der Waals surface area contributed by atoms with E-state index in [2.05, 4.69) is 9.97 Å². The summed E-state index contributed by atoms with van der Waals surface area (Å²) in [7, 11) is 0. The van der Waals surface area contributed by atoms with E-state index in [0.717, 1.165) is 35.0 Å². The van der Waals surface area contributed by atoms with Crippen molar-refractivity contribution in [3.05, 3.63) is 35.2 Å². The lowest BCUT2D eigenvalue weighted by molar-refractivity contribution is 0.0695. The van der Waals surface area contributed by atoms with E-state index in [1.807, 2.05) is 13.0 Å². The molecule has 4 nitrogen and oxygen atoms in total. The zero-order valence-electron chi connectivity index (χ0n) is 9.47. The highest BCUT2D eigenvalue weighted by Crippen LogP contribution is 2.44. The zero-order valence-corrected chi connectivity index (χ0v) is 9.47. The first kappa shape index (κ1) is 10.2. The Bertz CT molecular complexity index is 618. The lowest BCUT2D eigenvalue weighted by atomic mass is 10.0. The average molecular weight is 228 g/mol. The Morgan fingerprint density at radius 2 is 2.12 bits per heavy atom. The van der Waals surface area contributed by atoms with Crippen LogP contribution in [0.2, 0.25) is 0 Å². The second-order valence-electron chi connectivity index (χ2n) is 4.55. The van der Waals surface area contributed by atoms with Crippen LogP contribution in [-0.2, 0) is 0 Å². The average Bonchev–Trinajstić information content (AvgIpc) is 3.10. The minimum absolute atomic E-state index is 0.302. The van der Waals surface area contributed by atoms with Gasteiger partial charge < -0.3 is 5.11 Å². The molecule has 1 saturated carbocycles. The first-order valence-corrected chi connectivity index (χ1v) is 5.65. The van der Waals surface area contributed by atoms with Gasteiger partial charge in [-0.1, -0.05) is 0 Å². The number of rotatable bonds is 2. The van der Waals surface area contributed by atoms with Crippen LogP contribution in [0.1, 0.15) is 40.2 Å². The number of hydrogen-bond donors (Lipinski definition) is 1. The SMILES string of the molecule is Cc1cnc2c(C3CC3)c(C(=O)O)cnc2c1. The molecule has 0 aliphatic heterocycles. The fraction of sp³-hybridized carbons (Fsp3) is 0.308. The molecule has 1 aliphatic carbocycles. The maximum atomic E-state index is 11.2. The molecule has 1 N–H and O–H groups in total. The first-order valence-electron chi connectivity index (χ1n) is 5.65. The van der Waals surface area contributed by atoms with E-state index < -0.39 is 5.97 Å². The quantitative estimate of drug-likeness (QED) is 0.857. The van der Waals surface area contributed by atoms with Crippen molar-refractivity contribution in [1.29, 1.82) is 0 Å². The molecule has 2 aromatic rings. The minimum atomic E-state index is -0.913. The molecule has 3 rings (SSSR count). The fourth-order valence-corrected chi connectivity index (χ4v) is 2.15. The zero-order chi connectivity index (χ0) is 12.0. The van der Waals surface area contributed by atoms with Gasteiger partial charge in [0, 0.05) is 12.4 Å². The molecular formula is C13H12N2O2. The van der Waals surface area contributed by atoms with Crippen molar-refractivity contribution in [1.82, 2.24) is 9.97 Å². The Kier molecular flexibility index (Phi) is 2.11. The Balaban J connectivity index is 2.34. The van der Waals surface area contributed by atoms with Crippen LogP contribution in [0.3, 0.4) is 0 Å². The highest BCUT2D eigenvalue weighted by molar-refractivity contribution is 5.95. The van der Waals surface area contributed by atoms with Crippen molar-refractivity contribution >= 4 is 17.0 Å². The molecule has 1 aliphatic rings. The lowest BCUT2D eigenvalue weighted by Crippen LogP contribution is -2.04. The third-order valence-corrected chi connectivity index (χ3v) is 3.10. The van der Waals surface area contributed by atoms with E-state index in [-0.39, 0.29) is 0 Å². The second-order valence-corrected chi connectivity index (χ2v) is 4.55. The van der Waals surface area contributed by atoms with Gasteiger partial charge in [-0.15, -0.1) is 0 Å². The van der Waals surface area contributed by atoms with E-state index in [1.165, 1.54) is 6.20 Å². The van der Waals surface area contributed by atoms with Crippen LogP contribution < -0.4 is 0 Å². The van der Waals surface area contributed by atoms with Crippen molar-refractivity contribution < 1.29 is 9.90 Å². The van der Waals surface area contributed by atoms with Crippen LogP contribution in [0, 0.1) is 6.92 Å². The summed E-state index contributed by atoms with van der Waals surface area (Å²) in [6.45, 7) is 1.95. The van der Waals surface area contributed by atoms with Crippen LogP contribution in [0.15, 0.2) is 18.5 Å². The molecule has 0 atom stereocenters. The van der Waals surface area contributed by atoms with Crippen LogP contribution in [0.25, 0.3) is 11.0 Å². The molecule has 2 heterocycles. The molecule has 0 unspecified atom stereocenters. The number of carboxylic acids is 1. The van der Waals surface area contributed by atoms with Gasteiger partial charge in [-0.05, 0) is 42.9 Å². The van der Waals surface area contributed by atoms with Gasteiger partial charge in [0.1, 0.15) is 0 Å². The molecule has 4 heteroatoms. The molecule has 0 aromatic carbocycles. The van der Waals surface area contributed by atoms with Gasteiger partial charge in [-0.3, -0.25) is 9.97 Å². The topological polar surface area (TPSA) is 63.1 Å². The van der Waals surface area contributed by atoms with E-state index in [4.69, 9.17) is 0 Å². The number of pyridine rings is 2. The number of hydrogen-bond acceptors (Lipinski definition) is 3. The van der Waals surface area contributed by atoms with E-state index in [9.17, 15) is 9.90 Å². The van der Waals surface area contributed by atoms with Crippen molar-refractivity contribution in [3.63, 3.8) is 0 Å².